The number of rotatable bonds is 2. The van der Waals surface area contributed by atoms with Crippen LogP contribution in [0, 0.1) is 5.92 Å². The van der Waals surface area contributed by atoms with Gasteiger partial charge in [-0.1, -0.05) is 0 Å². The van der Waals surface area contributed by atoms with E-state index in [1.807, 2.05) is 24.1 Å². The van der Waals surface area contributed by atoms with Gasteiger partial charge in [-0.2, -0.15) is 5.10 Å². The molecule has 0 radical (unpaired) electrons. The molecule has 3 rings (SSSR count). The molecule has 3 heterocycles. The Labute approximate surface area is 132 Å². The van der Waals surface area contributed by atoms with Gasteiger partial charge in [-0.3, -0.25) is 9.48 Å². The lowest BCUT2D eigenvalue weighted by Gasteiger charge is -2.30. The van der Waals surface area contributed by atoms with Crippen LogP contribution in [0.2, 0.25) is 0 Å². The second-order valence-corrected chi connectivity index (χ2v) is 6.34. The number of hydrogen-bond acceptors (Lipinski definition) is 3. The summed E-state index contributed by atoms with van der Waals surface area (Å²) >= 11 is 0. The Morgan fingerprint density at radius 1 is 1.29 bits per heavy atom. The molecule has 0 bridgehead atoms. The summed E-state index contributed by atoms with van der Waals surface area (Å²) in [4.78, 5) is 15.0. The second kappa shape index (κ2) is 6.36. The maximum absolute atomic E-state index is 12.9. The fourth-order valence-electron chi connectivity index (χ4n) is 3.74. The van der Waals surface area contributed by atoms with Crippen LogP contribution in [0.3, 0.4) is 0 Å². The zero-order chi connectivity index (χ0) is 14.3. The number of carbonyl (C=O) groups excluding carboxylic acids is 1. The average Bonchev–Trinajstić information content (AvgIpc) is 3.09. The van der Waals surface area contributed by atoms with Crippen molar-refractivity contribution in [2.24, 2.45) is 13.0 Å². The van der Waals surface area contributed by atoms with Gasteiger partial charge in [0.25, 0.3) is 0 Å². The standard InChI is InChI=1S/C15H24N4O.ClH/c1-10-4-5-11(2)19(10)15(20)14-8-16-7-13(14)12-6-17-18(3)9-12;/h6,9-11,13-14,16H,4-5,7-8H2,1-3H3;1H/t10?,11?,13-,14+;/m1./s1. The SMILES string of the molecule is CC1CCC(C)N1C(=O)[C@H]1CNC[C@@H]1c1cnn(C)c1.Cl. The average molecular weight is 313 g/mol. The zero-order valence-corrected chi connectivity index (χ0v) is 13.8. The van der Waals surface area contributed by atoms with Gasteiger partial charge < -0.3 is 10.2 Å². The lowest BCUT2D eigenvalue weighted by Crippen LogP contribution is -2.44. The van der Waals surface area contributed by atoms with Crippen molar-refractivity contribution in [2.75, 3.05) is 13.1 Å². The van der Waals surface area contributed by atoms with Crippen molar-refractivity contribution in [3.8, 4) is 0 Å². The lowest BCUT2D eigenvalue weighted by molar-refractivity contribution is -0.137. The molecule has 5 nitrogen and oxygen atoms in total. The molecule has 1 amide bonds. The molecule has 2 fully saturated rings. The Hall–Kier alpha value is -1.07. The number of carbonyl (C=O) groups is 1. The van der Waals surface area contributed by atoms with E-state index in [4.69, 9.17) is 0 Å². The van der Waals surface area contributed by atoms with Crippen molar-refractivity contribution >= 4 is 18.3 Å². The van der Waals surface area contributed by atoms with Gasteiger partial charge in [-0.05, 0) is 32.3 Å². The van der Waals surface area contributed by atoms with Crippen LogP contribution in [0.5, 0.6) is 0 Å². The van der Waals surface area contributed by atoms with Crippen LogP contribution >= 0.6 is 12.4 Å². The van der Waals surface area contributed by atoms with Crippen LogP contribution in [0.15, 0.2) is 12.4 Å². The van der Waals surface area contributed by atoms with E-state index < -0.39 is 0 Å². The van der Waals surface area contributed by atoms with E-state index in [1.54, 1.807) is 0 Å². The monoisotopic (exact) mass is 312 g/mol. The molecule has 0 aromatic carbocycles. The Morgan fingerprint density at radius 3 is 2.52 bits per heavy atom. The molecule has 118 valence electrons. The van der Waals surface area contributed by atoms with E-state index in [-0.39, 0.29) is 24.2 Å². The third kappa shape index (κ3) is 2.94. The molecule has 6 heteroatoms. The third-order valence-corrected chi connectivity index (χ3v) is 4.89. The summed E-state index contributed by atoms with van der Waals surface area (Å²) < 4.78 is 1.82. The minimum atomic E-state index is 0. The Bertz CT molecular complexity index is 494. The fourth-order valence-corrected chi connectivity index (χ4v) is 3.74. The molecule has 0 saturated carbocycles. The first-order valence-corrected chi connectivity index (χ1v) is 7.59. The molecule has 2 unspecified atom stereocenters. The van der Waals surface area contributed by atoms with Crippen molar-refractivity contribution in [1.29, 1.82) is 0 Å². The van der Waals surface area contributed by atoms with Gasteiger partial charge in [-0.25, -0.2) is 0 Å². The summed E-state index contributed by atoms with van der Waals surface area (Å²) in [6.07, 6.45) is 6.19. The molecular weight excluding hydrogens is 288 g/mol. The zero-order valence-electron chi connectivity index (χ0n) is 13.0. The van der Waals surface area contributed by atoms with Gasteiger partial charge in [0.2, 0.25) is 5.91 Å². The highest BCUT2D eigenvalue weighted by molar-refractivity contribution is 5.85. The van der Waals surface area contributed by atoms with Crippen LogP contribution in [-0.2, 0) is 11.8 Å². The predicted molar refractivity (Wildman–Crippen MR) is 84.6 cm³/mol. The van der Waals surface area contributed by atoms with E-state index in [0.29, 0.717) is 18.0 Å². The van der Waals surface area contributed by atoms with Gasteiger partial charge in [0.15, 0.2) is 0 Å². The Kier molecular flexibility index (Phi) is 4.94. The van der Waals surface area contributed by atoms with Crippen molar-refractivity contribution in [1.82, 2.24) is 20.0 Å². The summed E-state index contributed by atoms with van der Waals surface area (Å²) in [7, 11) is 1.92. The summed E-state index contributed by atoms with van der Waals surface area (Å²) in [5.74, 6) is 0.639. The van der Waals surface area contributed by atoms with Crippen LogP contribution < -0.4 is 5.32 Å². The molecular formula is C15H25ClN4O. The maximum atomic E-state index is 12.9. The van der Waals surface area contributed by atoms with Crippen molar-refractivity contribution < 1.29 is 4.79 Å². The molecule has 1 aromatic rings. The van der Waals surface area contributed by atoms with Crippen LogP contribution in [0.4, 0.5) is 0 Å². The van der Waals surface area contributed by atoms with E-state index in [9.17, 15) is 4.79 Å². The molecule has 0 spiro atoms. The van der Waals surface area contributed by atoms with Gasteiger partial charge in [-0.15, -0.1) is 12.4 Å². The van der Waals surface area contributed by atoms with E-state index >= 15 is 0 Å². The normalized spacial score (nSPS) is 32.2. The van der Waals surface area contributed by atoms with Gasteiger partial charge in [0.1, 0.15) is 0 Å². The third-order valence-electron chi connectivity index (χ3n) is 4.89. The second-order valence-electron chi connectivity index (χ2n) is 6.34. The van der Waals surface area contributed by atoms with Crippen molar-refractivity contribution in [3.05, 3.63) is 18.0 Å². The van der Waals surface area contributed by atoms with Crippen molar-refractivity contribution in [3.63, 3.8) is 0 Å². The quantitative estimate of drug-likeness (QED) is 0.901. The number of aromatic nitrogens is 2. The molecule has 21 heavy (non-hydrogen) atoms. The van der Waals surface area contributed by atoms with Gasteiger partial charge in [0.05, 0.1) is 12.1 Å². The maximum Gasteiger partial charge on any atom is 0.228 e. The number of nitrogens with one attached hydrogen (secondary N) is 1. The molecule has 2 saturated heterocycles. The largest absolute Gasteiger partial charge is 0.337 e. The minimum absolute atomic E-state index is 0. The summed E-state index contributed by atoms with van der Waals surface area (Å²) in [6.45, 7) is 6.00. The lowest BCUT2D eigenvalue weighted by atomic mass is 9.89. The number of likely N-dealkylation sites (tertiary alicyclic amines) is 1. The van der Waals surface area contributed by atoms with Gasteiger partial charge in [0, 0.05) is 44.3 Å². The molecule has 1 N–H and O–H groups in total. The molecule has 2 aliphatic heterocycles. The van der Waals surface area contributed by atoms with Crippen LogP contribution in [-0.4, -0.2) is 45.8 Å². The number of amides is 1. The van der Waals surface area contributed by atoms with Crippen LogP contribution in [0.1, 0.15) is 38.2 Å². The smallest absolute Gasteiger partial charge is 0.228 e. The number of nitrogens with zero attached hydrogens (tertiary/aromatic N) is 3. The topological polar surface area (TPSA) is 50.2 Å². The number of hydrogen-bond donors (Lipinski definition) is 1. The molecule has 0 aliphatic carbocycles. The Morgan fingerprint density at radius 2 is 1.95 bits per heavy atom. The van der Waals surface area contributed by atoms with Gasteiger partial charge >= 0.3 is 0 Å². The first kappa shape index (κ1) is 16.3. The predicted octanol–water partition coefficient (Wildman–Crippen LogP) is 1.54. The van der Waals surface area contributed by atoms with E-state index in [2.05, 4.69) is 29.2 Å². The Balaban J connectivity index is 0.00000161. The number of aryl methyl sites for hydroxylation is 1. The number of halogens is 1. The fraction of sp³-hybridized carbons (Fsp3) is 0.733. The molecule has 1 aromatic heterocycles. The summed E-state index contributed by atoms with van der Waals surface area (Å²) in [6, 6.07) is 0.764. The molecule has 2 aliphatic rings. The highest BCUT2D eigenvalue weighted by Gasteiger charge is 2.41. The minimum Gasteiger partial charge on any atom is -0.337 e. The molecule has 4 atom stereocenters. The van der Waals surface area contributed by atoms with Crippen molar-refractivity contribution in [2.45, 2.75) is 44.7 Å². The van der Waals surface area contributed by atoms with Crippen LogP contribution in [0.25, 0.3) is 0 Å². The highest BCUT2D eigenvalue weighted by atomic mass is 35.5. The first-order chi connectivity index (χ1) is 9.58. The van der Waals surface area contributed by atoms with E-state index in [1.165, 1.54) is 5.56 Å². The summed E-state index contributed by atoms with van der Waals surface area (Å²) in [5.41, 5.74) is 1.18. The van der Waals surface area contributed by atoms with E-state index in [0.717, 1.165) is 25.9 Å². The summed E-state index contributed by atoms with van der Waals surface area (Å²) in [5, 5.41) is 7.63. The highest BCUT2D eigenvalue weighted by Crippen LogP contribution is 2.33. The first-order valence-electron chi connectivity index (χ1n) is 7.59.